The maximum absolute atomic E-state index is 12.7. The van der Waals surface area contributed by atoms with Crippen molar-refractivity contribution in [2.45, 2.75) is 38.6 Å². The summed E-state index contributed by atoms with van der Waals surface area (Å²) < 4.78 is 12.7. The van der Waals surface area contributed by atoms with Gasteiger partial charge in [0.05, 0.1) is 0 Å². The van der Waals surface area contributed by atoms with Gasteiger partial charge < -0.3 is 10.6 Å². The fourth-order valence-electron chi connectivity index (χ4n) is 1.89. The molecule has 0 unspecified atom stereocenters. The van der Waals surface area contributed by atoms with Crippen LogP contribution < -0.4 is 5.73 Å². The molecular weight excluding hydrogens is 227 g/mol. The standard InChI is InChI=1S/C15H25FN2/c1-15(2,17)10-4-11-18(3)12-9-13-5-7-14(16)8-6-13/h5-8H,4,9-12,17H2,1-3H3. The Kier molecular flexibility index (Phi) is 5.76. The summed E-state index contributed by atoms with van der Waals surface area (Å²) in [5, 5.41) is 0. The summed E-state index contributed by atoms with van der Waals surface area (Å²) in [5.41, 5.74) is 7.06. The number of benzene rings is 1. The van der Waals surface area contributed by atoms with Gasteiger partial charge in [0.1, 0.15) is 5.82 Å². The van der Waals surface area contributed by atoms with Crippen LogP contribution in [0.5, 0.6) is 0 Å². The van der Waals surface area contributed by atoms with Crippen LogP contribution in [0.15, 0.2) is 24.3 Å². The topological polar surface area (TPSA) is 29.3 Å². The van der Waals surface area contributed by atoms with E-state index < -0.39 is 0 Å². The highest BCUT2D eigenvalue weighted by atomic mass is 19.1. The zero-order valence-electron chi connectivity index (χ0n) is 11.7. The fourth-order valence-corrected chi connectivity index (χ4v) is 1.89. The molecule has 1 rings (SSSR count). The molecule has 0 heterocycles. The molecule has 0 aliphatic carbocycles. The lowest BCUT2D eigenvalue weighted by Gasteiger charge is -2.21. The zero-order valence-corrected chi connectivity index (χ0v) is 11.7. The van der Waals surface area contributed by atoms with Gasteiger partial charge in [0, 0.05) is 12.1 Å². The van der Waals surface area contributed by atoms with Crippen LogP contribution in [-0.4, -0.2) is 30.6 Å². The molecule has 3 heteroatoms. The predicted molar refractivity (Wildman–Crippen MR) is 75.1 cm³/mol. The average Bonchev–Trinajstić information content (AvgIpc) is 2.26. The molecule has 0 bridgehead atoms. The number of rotatable bonds is 7. The van der Waals surface area contributed by atoms with Gasteiger partial charge in [-0.15, -0.1) is 0 Å². The number of nitrogens with zero attached hydrogens (tertiary/aromatic N) is 1. The van der Waals surface area contributed by atoms with E-state index in [9.17, 15) is 4.39 Å². The Hall–Kier alpha value is -0.930. The number of nitrogens with two attached hydrogens (primary N) is 1. The molecule has 0 saturated carbocycles. The van der Waals surface area contributed by atoms with E-state index in [2.05, 4.69) is 25.8 Å². The molecule has 0 atom stereocenters. The number of halogens is 1. The molecular formula is C15H25FN2. The van der Waals surface area contributed by atoms with Gasteiger partial charge in [-0.1, -0.05) is 12.1 Å². The molecule has 1 aromatic rings. The quantitative estimate of drug-likeness (QED) is 0.808. The Morgan fingerprint density at radius 2 is 1.78 bits per heavy atom. The minimum atomic E-state index is -0.169. The maximum atomic E-state index is 12.7. The summed E-state index contributed by atoms with van der Waals surface area (Å²) in [6.07, 6.45) is 3.11. The number of likely N-dealkylation sites (N-methyl/N-ethyl adjacent to an activating group) is 1. The molecule has 0 amide bonds. The van der Waals surface area contributed by atoms with E-state index in [1.165, 1.54) is 17.7 Å². The highest BCUT2D eigenvalue weighted by molar-refractivity contribution is 5.16. The van der Waals surface area contributed by atoms with Crippen LogP contribution in [0.1, 0.15) is 32.3 Å². The van der Waals surface area contributed by atoms with Crippen molar-refractivity contribution in [3.63, 3.8) is 0 Å². The predicted octanol–water partition coefficient (Wildman–Crippen LogP) is 2.82. The van der Waals surface area contributed by atoms with Crippen molar-refractivity contribution in [3.8, 4) is 0 Å². The molecule has 0 radical (unpaired) electrons. The van der Waals surface area contributed by atoms with E-state index in [0.29, 0.717) is 0 Å². The third kappa shape index (κ3) is 6.72. The van der Waals surface area contributed by atoms with Crippen LogP contribution in [0.4, 0.5) is 4.39 Å². The van der Waals surface area contributed by atoms with Crippen molar-refractivity contribution in [1.29, 1.82) is 0 Å². The van der Waals surface area contributed by atoms with Crippen molar-refractivity contribution in [3.05, 3.63) is 35.6 Å². The first-order chi connectivity index (χ1) is 8.37. The van der Waals surface area contributed by atoms with Crippen LogP contribution in [0.25, 0.3) is 0 Å². The fraction of sp³-hybridized carbons (Fsp3) is 0.600. The smallest absolute Gasteiger partial charge is 0.123 e. The van der Waals surface area contributed by atoms with Crippen LogP contribution >= 0.6 is 0 Å². The highest BCUT2D eigenvalue weighted by Crippen LogP contribution is 2.08. The van der Waals surface area contributed by atoms with Gasteiger partial charge in [-0.25, -0.2) is 4.39 Å². The second kappa shape index (κ2) is 6.86. The average molecular weight is 252 g/mol. The first kappa shape index (κ1) is 15.1. The van der Waals surface area contributed by atoms with Crippen molar-refractivity contribution >= 4 is 0 Å². The zero-order chi connectivity index (χ0) is 13.6. The normalized spacial score (nSPS) is 12.1. The van der Waals surface area contributed by atoms with Crippen molar-refractivity contribution in [1.82, 2.24) is 4.90 Å². The molecule has 0 spiro atoms. The van der Waals surface area contributed by atoms with Gasteiger partial charge in [-0.2, -0.15) is 0 Å². The number of hydrogen-bond acceptors (Lipinski definition) is 2. The SMILES string of the molecule is CN(CCCC(C)(C)N)CCc1ccc(F)cc1. The molecule has 0 aromatic heterocycles. The Morgan fingerprint density at radius 1 is 1.17 bits per heavy atom. The third-order valence-corrected chi connectivity index (χ3v) is 3.06. The summed E-state index contributed by atoms with van der Waals surface area (Å²) in [6.45, 7) is 6.18. The molecule has 0 saturated heterocycles. The largest absolute Gasteiger partial charge is 0.326 e. The lowest BCUT2D eigenvalue weighted by Crippen LogP contribution is -2.33. The molecule has 18 heavy (non-hydrogen) atoms. The minimum Gasteiger partial charge on any atom is -0.326 e. The summed E-state index contributed by atoms with van der Waals surface area (Å²) in [6, 6.07) is 6.75. The first-order valence-electron chi connectivity index (χ1n) is 6.59. The van der Waals surface area contributed by atoms with Gasteiger partial charge >= 0.3 is 0 Å². The van der Waals surface area contributed by atoms with Crippen LogP contribution in [-0.2, 0) is 6.42 Å². The Morgan fingerprint density at radius 3 is 2.33 bits per heavy atom. The second-order valence-corrected chi connectivity index (χ2v) is 5.77. The Bertz CT molecular complexity index is 341. The van der Waals surface area contributed by atoms with Gasteiger partial charge in [-0.3, -0.25) is 0 Å². The van der Waals surface area contributed by atoms with E-state index in [0.717, 1.165) is 32.4 Å². The Balaban J connectivity index is 2.21. The summed E-state index contributed by atoms with van der Waals surface area (Å²) in [4.78, 5) is 2.30. The molecule has 0 fully saturated rings. The van der Waals surface area contributed by atoms with Gasteiger partial charge in [-0.05, 0) is 64.4 Å². The molecule has 0 aliphatic rings. The Labute approximate surface area is 110 Å². The van der Waals surface area contributed by atoms with Crippen LogP contribution in [0.2, 0.25) is 0 Å². The van der Waals surface area contributed by atoms with Crippen molar-refractivity contribution < 1.29 is 4.39 Å². The summed E-state index contributed by atoms with van der Waals surface area (Å²) in [5.74, 6) is -0.169. The molecule has 0 aliphatic heterocycles. The molecule has 102 valence electrons. The minimum absolute atomic E-state index is 0.0716. The molecule has 2 N–H and O–H groups in total. The van der Waals surface area contributed by atoms with E-state index in [-0.39, 0.29) is 11.4 Å². The van der Waals surface area contributed by atoms with E-state index in [4.69, 9.17) is 5.73 Å². The second-order valence-electron chi connectivity index (χ2n) is 5.77. The monoisotopic (exact) mass is 252 g/mol. The van der Waals surface area contributed by atoms with Crippen molar-refractivity contribution in [2.75, 3.05) is 20.1 Å². The first-order valence-corrected chi connectivity index (χ1v) is 6.59. The van der Waals surface area contributed by atoms with Gasteiger partial charge in [0.2, 0.25) is 0 Å². The van der Waals surface area contributed by atoms with E-state index >= 15 is 0 Å². The van der Waals surface area contributed by atoms with Crippen LogP contribution in [0.3, 0.4) is 0 Å². The highest BCUT2D eigenvalue weighted by Gasteiger charge is 2.10. The van der Waals surface area contributed by atoms with E-state index in [1.807, 2.05) is 12.1 Å². The summed E-state index contributed by atoms with van der Waals surface area (Å²) in [7, 11) is 2.12. The third-order valence-electron chi connectivity index (χ3n) is 3.06. The van der Waals surface area contributed by atoms with Gasteiger partial charge in [0.25, 0.3) is 0 Å². The molecule has 1 aromatic carbocycles. The summed E-state index contributed by atoms with van der Waals surface area (Å²) >= 11 is 0. The van der Waals surface area contributed by atoms with Crippen molar-refractivity contribution in [2.24, 2.45) is 5.73 Å². The molecule has 2 nitrogen and oxygen atoms in total. The van der Waals surface area contributed by atoms with Gasteiger partial charge in [0.15, 0.2) is 0 Å². The lowest BCUT2D eigenvalue weighted by molar-refractivity contribution is 0.313. The van der Waals surface area contributed by atoms with Crippen LogP contribution in [0, 0.1) is 5.82 Å². The van der Waals surface area contributed by atoms with E-state index in [1.54, 1.807) is 0 Å². The maximum Gasteiger partial charge on any atom is 0.123 e. The lowest BCUT2D eigenvalue weighted by atomic mass is 10.00. The number of hydrogen-bond donors (Lipinski definition) is 1.